The van der Waals surface area contributed by atoms with Gasteiger partial charge in [-0.15, -0.1) is 0 Å². The summed E-state index contributed by atoms with van der Waals surface area (Å²) in [4.78, 5) is 12.3. The molecule has 4 nitrogen and oxygen atoms in total. The topological polar surface area (TPSA) is 62.5 Å². The van der Waals surface area contributed by atoms with Crippen LogP contribution in [0.25, 0.3) is 0 Å². The molecule has 0 saturated heterocycles. The average molecular weight is 305 g/mol. The lowest BCUT2D eigenvalue weighted by molar-refractivity contribution is 0.0525. The van der Waals surface area contributed by atoms with E-state index in [1.54, 1.807) is 20.8 Å². The number of hydrogen-bond donors (Lipinski definition) is 2. The first-order chi connectivity index (χ1) is 10.2. The van der Waals surface area contributed by atoms with E-state index >= 15 is 0 Å². The van der Waals surface area contributed by atoms with E-state index < -0.39 is 5.60 Å². The van der Waals surface area contributed by atoms with E-state index in [1.807, 2.05) is 6.92 Å². The van der Waals surface area contributed by atoms with Gasteiger partial charge >= 0.3 is 0 Å². The Balaban J connectivity index is 2.11. The van der Waals surface area contributed by atoms with Gasteiger partial charge in [0.05, 0.1) is 12.1 Å². The molecule has 1 heterocycles. The van der Waals surface area contributed by atoms with Crippen LogP contribution in [0.2, 0.25) is 0 Å². The molecule has 1 unspecified atom stereocenters. The molecule has 0 fully saturated rings. The Morgan fingerprint density at radius 1 is 1.23 bits per heavy atom. The standard InChI is InChI=1S/C17H20FNO3/c1-10-11(2)22-12(3)15(10)16(20)19-9-17(4,21)13-5-7-14(18)8-6-13/h5-8,21H,9H2,1-4H3,(H,19,20). The highest BCUT2D eigenvalue weighted by Crippen LogP contribution is 2.22. The highest BCUT2D eigenvalue weighted by Gasteiger charge is 2.26. The maximum atomic E-state index is 12.9. The predicted octanol–water partition coefficient (Wildman–Crippen LogP) is 2.98. The van der Waals surface area contributed by atoms with Gasteiger partial charge in [0.25, 0.3) is 5.91 Å². The maximum absolute atomic E-state index is 12.9. The molecule has 1 amide bonds. The van der Waals surface area contributed by atoms with E-state index in [-0.39, 0.29) is 18.3 Å². The molecule has 5 heteroatoms. The minimum Gasteiger partial charge on any atom is -0.466 e. The Labute approximate surface area is 129 Å². The quantitative estimate of drug-likeness (QED) is 0.913. The molecule has 0 aliphatic heterocycles. The highest BCUT2D eigenvalue weighted by atomic mass is 19.1. The van der Waals surface area contributed by atoms with Gasteiger partial charge in [-0.2, -0.15) is 0 Å². The number of rotatable bonds is 4. The molecule has 118 valence electrons. The van der Waals surface area contributed by atoms with Crippen LogP contribution in [0.1, 0.15) is 39.9 Å². The monoisotopic (exact) mass is 305 g/mol. The van der Waals surface area contributed by atoms with Crippen molar-refractivity contribution in [1.82, 2.24) is 5.32 Å². The molecule has 0 spiro atoms. The number of halogens is 1. The van der Waals surface area contributed by atoms with E-state index in [0.29, 0.717) is 22.6 Å². The molecule has 0 radical (unpaired) electrons. The van der Waals surface area contributed by atoms with Crippen LogP contribution < -0.4 is 5.32 Å². The minimum absolute atomic E-state index is 0.0145. The van der Waals surface area contributed by atoms with E-state index in [2.05, 4.69) is 5.32 Å². The molecule has 0 saturated carbocycles. The molecule has 1 aromatic carbocycles. The fourth-order valence-corrected chi connectivity index (χ4v) is 2.38. The van der Waals surface area contributed by atoms with Crippen LogP contribution in [0.15, 0.2) is 28.7 Å². The summed E-state index contributed by atoms with van der Waals surface area (Å²) in [6, 6.07) is 5.55. The summed E-state index contributed by atoms with van der Waals surface area (Å²) >= 11 is 0. The van der Waals surface area contributed by atoms with Crippen LogP contribution in [0.4, 0.5) is 4.39 Å². The van der Waals surface area contributed by atoms with Gasteiger partial charge in [-0.25, -0.2) is 4.39 Å². The predicted molar refractivity (Wildman–Crippen MR) is 81.2 cm³/mol. The second-order valence-electron chi connectivity index (χ2n) is 5.68. The van der Waals surface area contributed by atoms with Gasteiger partial charge in [-0.1, -0.05) is 12.1 Å². The van der Waals surface area contributed by atoms with Crippen molar-refractivity contribution >= 4 is 5.91 Å². The lowest BCUT2D eigenvalue weighted by Gasteiger charge is -2.24. The third kappa shape index (κ3) is 3.20. The molecule has 2 N–H and O–H groups in total. The van der Waals surface area contributed by atoms with Crippen molar-refractivity contribution < 1.29 is 18.7 Å². The van der Waals surface area contributed by atoms with Crippen LogP contribution >= 0.6 is 0 Å². The van der Waals surface area contributed by atoms with Crippen molar-refractivity contribution in [3.63, 3.8) is 0 Å². The van der Waals surface area contributed by atoms with Crippen molar-refractivity contribution in [1.29, 1.82) is 0 Å². The second kappa shape index (κ2) is 5.93. The highest BCUT2D eigenvalue weighted by molar-refractivity contribution is 5.96. The summed E-state index contributed by atoms with van der Waals surface area (Å²) in [5, 5.41) is 13.2. The summed E-state index contributed by atoms with van der Waals surface area (Å²) in [5.41, 5.74) is 0.527. The summed E-state index contributed by atoms with van der Waals surface area (Å²) in [7, 11) is 0. The SMILES string of the molecule is Cc1oc(C)c(C(=O)NCC(C)(O)c2ccc(F)cc2)c1C. The number of carbonyl (C=O) groups excluding carboxylic acids is 1. The molecular formula is C17H20FNO3. The summed E-state index contributed by atoms with van der Waals surface area (Å²) < 4.78 is 18.4. The Morgan fingerprint density at radius 2 is 1.82 bits per heavy atom. The van der Waals surface area contributed by atoms with Gasteiger partial charge in [-0.3, -0.25) is 4.79 Å². The molecule has 1 aromatic heterocycles. The normalized spacial score (nSPS) is 13.7. The van der Waals surface area contributed by atoms with Gasteiger partial charge in [-0.05, 0) is 45.4 Å². The molecule has 0 aliphatic rings. The van der Waals surface area contributed by atoms with Crippen LogP contribution in [-0.4, -0.2) is 17.6 Å². The summed E-state index contributed by atoms with van der Waals surface area (Å²) in [6.45, 7) is 6.93. The van der Waals surface area contributed by atoms with Crippen molar-refractivity contribution in [2.45, 2.75) is 33.3 Å². The lowest BCUT2D eigenvalue weighted by atomic mass is 9.96. The zero-order chi connectivity index (χ0) is 16.5. The van der Waals surface area contributed by atoms with Crippen molar-refractivity contribution in [2.24, 2.45) is 0 Å². The number of carbonyl (C=O) groups is 1. The number of nitrogens with one attached hydrogen (secondary N) is 1. The third-order valence-electron chi connectivity index (χ3n) is 3.85. The van der Waals surface area contributed by atoms with Crippen LogP contribution in [0.5, 0.6) is 0 Å². The third-order valence-corrected chi connectivity index (χ3v) is 3.85. The van der Waals surface area contributed by atoms with Crippen LogP contribution in [0.3, 0.4) is 0 Å². The molecule has 0 bridgehead atoms. The Morgan fingerprint density at radius 3 is 2.32 bits per heavy atom. The first kappa shape index (κ1) is 16.2. The largest absolute Gasteiger partial charge is 0.466 e. The molecule has 2 aromatic rings. The lowest BCUT2D eigenvalue weighted by Crippen LogP contribution is -2.38. The average Bonchev–Trinajstić information content (AvgIpc) is 2.70. The number of aryl methyl sites for hydroxylation is 2. The van der Waals surface area contributed by atoms with Crippen LogP contribution in [-0.2, 0) is 5.60 Å². The van der Waals surface area contributed by atoms with Gasteiger partial charge in [0.1, 0.15) is 22.9 Å². The second-order valence-corrected chi connectivity index (χ2v) is 5.68. The van der Waals surface area contributed by atoms with E-state index in [0.717, 1.165) is 5.56 Å². The Kier molecular flexibility index (Phi) is 4.37. The Hall–Kier alpha value is -2.14. The van der Waals surface area contributed by atoms with E-state index in [4.69, 9.17) is 4.42 Å². The fraction of sp³-hybridized carbons (Fsp3) is 0.353. The molecular weight excluding hydrogens is 285 g/mol. The van der Waals surface area contributed by atoms with Gasteiger partial charge in [0.2, 0.25) is 0 Å². The van der Waals surface area contributed by atoms with Crippen molar-refractivity contribution in [3.05, 3.63) is 58.3 Å². The number of amides is 1. The minimum atomic E-state index is -1.29. The number of aliphatic hydroxyl groups is 1. The first-order valence-corrected chi connectivity index (χ1v) is 7.05. The van der Waals surface area contributed by atoms with Crippen molar-refractivity contribution in [3.8, 4) is 0 Å². The molecule has 1 atom stereocenters. The van der Waals surface area contributed by atoms with Crippen LogP contribution in [0, 0.1) is 26.6 Å². The summed E-state index contributed by atoms with van der Waals surface area (Å²) in [5.74, 6) is 0.583. The van der Waals surface area contributed by atoms with Gasteiger partial charge in [0, 0.05) is 5.56 Å². The van der Waals surface area contributed by atoms with Gasteiger partial charge in [0.15, 0.2) is 0 Å². The zero-order valence-electron chi connectivity index (χ0n) is 13.2. The molecule has 2 rings (SSSR count). The summed E-state index contributed by atoms with van der Waals surface area (Å²) in [6.07, 6.45) is 0. The molecule has 0 aliphatic carbocycles. The van der Waals surface area contributed by atoms with E-state index in [9.17, 15) is 14.3 Å². The zero-order valence-corrected chi connectivity index (χ0v) is 13.2. The molecule has 22 heavy (non-hydrogen) atoms. The number of furan rings is 1. The maximum Gasteiger partial charge on any atom is 0.255 e. The number of benzene rings is 1. The van der Waals surface area contributed by atoms with Gasteiger partial charge < -0.3 is 14.8 Å². The smallest absolute Gasteiger partial charge is 0.255 e. The first-order valence-electron chi connectivity index (χ1n) is 7.05. The number of hydrogen-bond acceptors (Lipinski definition) is 3. The fourth-order valence-electron chi connectivity index (χ4n) is 2.38. The Bertz CT molecular complexity index is 687. The van der Waals surface area contributed by atoms with Crippen molar-refractivity contribution in [2.75, 3.05) is 6.54 Å². The van der Waals surface area contributed by atoms with E-state index in [1.165, 1.54) is 24.3 Å².